The van der Waals surface area contributed by atoms with E-state index < -0.39 is 10.0 Å². The highest BCUT2D eigenvalue weighted by atomic mass is 32.2. The number of nitrogens with one attached hydrogen (secondary N) is 1. The van der Waals surface area contributed by atoms with Crippen molar-refractivity contribution in [2.45, 2.75) is 31.3 Å². The molecule has 0 bridgehead atoms. The summed E-state index contributed by atoms with van der Waals surface area (Å²) in [7, 11) is -1.66. The molecule has 8 nitrogen and oxygen atoms in total. The van der Waals surface area contributed by atoms with Gasteiger partial charge >= 0.3 is 0 Å². The van der Waals surface area contributed by atoms with E-state index in [1.165, 1.54) is 16.4 Å². The molecular formula is C19H26N4O4S2. The summed E-state index contributed by atoms with van der Waals surface area (Å²) >= 11 is 1.61. The van der Waals surface area contributed by atoms with Crippen molar-refractivity contribution in [3.05, 3.63) is 40.3 Å². The lowest BCUT2D eigenvalue weighted by Crippen LogP contribution is -2.40. The summed E-state index contributed by atoms with van der Waals surface area (Å²) in [4.78, 5) is 20.1. The van der Waals surface area contributed by atoms with Crippen molar-refractivity contribution in [1.82, 2.24) is 14.2 Å². The van der Waals surface area contributed by atoms with Crippen LogP contribution in [0, 0.1) is 6.92 Å². The molecule has 3 rings (SSSR count). The number of anilines is 1. The molecule has 29 heavy (non-hydrogen) atoms. The highest BCUT2D eigenvalue weighted by Gasteiger charge is 2.26. The van der Waals surface area contributed by atoms with Gasteiger partial charge in [0.05, 0.1) is 29.2 Å². The molecule has 0 saturated carbocycles. The number of rotatable bonds is 7. The quantitative estimate of drug-likeness (QED) is 0.710. The summed E-state index contributed by atoms with van der Waals surface area (Å²) in [5.74, 6) is -0.155. The van der Waals surface area contributed by atoms with E-state index in [9.17, 15) is 13.2 Å². The van der Waals surface area contributed by atoms with Gasteiger partial charge in [-0.15, -0.1) is 11.3 Å². The minimum absolute atomic E-state index is 0.155. The average Bonchev–Trinajstić information content (AvgIpc) is 3.13. The first-order chi connectivity index (χ1) is 13.8. The van der Waals surface area contributed by atoms with Crippen LogP contribution >= 0.6 is 11.3 Å². The zero-order valence-electron chi connectivity index (χ0n) is 16.8. The van der Waals surface area contributed by atoms with Crippen molar-refractivity contribution < 1.29 is 17.9 Å². The predicted molar refractivity (Wildman–Crippen MR) is 112 cm³/mol. The molecule has 10 heteroatoms. The van der Waals surface area contributed by atoms with Gasteiger partial charge in [0.2, 0.25) is 15.9 Å². The van der Waals surface area contributed by atoms with Gasteiger partial charge in [-0.1, -0.05) is 0 Å². The second kappa shape index (κ2) is 9.31. The Morgan fingerprint density at radius 3 is 2.55 bits per heavy atom. The van der Waals surface area contributed by atoms with Crippen LogP contribution in [0.3, 0.4) is 0 Å². The number of ether oxygens (including phenoxy) is 1. The van der Waals surface area contributed by atoms with Gasteiger partial charge in [-0.2, -0.15) is 4.31 Å². The molecule has 158 valence electrons. The Morgan fingerprint density at radius 1 is 1.31 bits per heavy atom. The van der Waals surface area contributed by atoms with Crippen LogP contribution in [0.15, 0.2) is 35.4 Å². The number of nitrogens with zero attached hydrogens (tertiary/aromatic N) is 3. The minimum Gasteiger partial charge on any atom is -0.379 e. The van der Waals surface area contributed by atoms with Gasteiger partial charge in [-0.3, -0.25) is 9.69 Å². The molecule has 1 amide bonds. The zero-order valence-corrected chi connectivity index (χ0v) is 18.4. The van der Waals surface area contributed by atoms with E-state index in [0.29, 0.717) is 38.5 Å². The maximum atomic E-state index is 12.7. The summed E-state index contributed by atoms with van der Waals surface area (Å²) < 4.78 is 32.0. The van der Waals surface area contributed by atoms with Crippen LogP contribution < -0.4 is 5.32 Å². The van der Waals surface area contributed by atoms with Crippen LogP contribution in [-0.4, -0.2) is 67.9 Å². The van der Waals surface area contributed by atoms with Gasteiger partial charge in [0.15, 0.2) is 0 Å². The Hall–Kier alpha value is -1.85. The molecule has 0 spiro atoms. The number of likely N-dealkylation sites (N-methyl/N-ethyl adjacent to an activating group) is 1. The van der Waals surface area contributed by atoms with Crippen molar-refractivity contribution in [2.24, 2.45) is 0 Å². The Labute approximate surface area is 175 Å². The van der Waals surface area contributed by atoms with Gasteiger partial charge in [0.1, 0.15) is 0 Å². The number of carbonyl (C=O) groups is 1. The molecule has 1 aromatic heterocycles. The van der Waals surface area contributed by atoms with Crippen LogP contribution in [-0.2, 0) is 26.1 Å². The number of carbonyl (C=O) groups excluding carboxylic acids is 1. The van der Waals surface area contributed by atoms with Crippen LogP contribution in [0.1, 0.15) is 16.8 Å². The van der Waals surface area contributed by atoms with E-state index in [1.807, 2.05) is 32.0 Å². The number of amides is 1. The predicted octanol–water partition coefficient (Wildman–Crippen LogP) is 1.93. The van der Waals surface area contributed by atoms with Crippen molar-refractivity contribution in [1.29, 1.82) is 0 Å². The molecule has 1 atom stereocenters. The first kappa shape index (κ1) is 21.8. The van der Waals surface area contributed by atoms with Crippen molar-refractivity contribution in [3.63, 3.8) is 0 Å². The van der Waals surface area contributed by atoms with E-state index in [0.717, 1.165) is 9.88 Å². The molecule has 2 heterocycles. The van der Waals surface area contributed by atoms with Gasteiger partial charge in [-0.25, -0.2) is 13.4 Å². The molecule has 1 saturated heterocycles. The van der Waals surface area contributed by atoms with Crippen LogP contribution in [0.4, 0.5) is 5.69 Å². The largest absolute Gasteiger partial charge is 0.379 e. The number of hydrogen-bond donors (Lipinski definition) is 1. The lowest BCUT2D eigenvalue weighted by molar-refractivity contribution is -0.120. The third kappa shape index (κ3) is 5.40. The van der Waals surface area contributed by atoms with Gasteiger partial charge in [0.25, 0.3) is 0 Å². The first-order valence-corrected chi connectivity index (χ1v) is 11.6. The smallest absolute Gasteiger partial charge is 0.243 e. The molecule has 1 aliphatic rings. The van der Waals surface area contributed by atoms with Gasteiger partial charge in [0, 0.05) is 36.4 Å². The van der Waals surface area contributed by atoms with Crippen molar-refractivity contribution >= 4 is 33.0 Å². The fourth-order valence-corrected chi connectivity index (χ4v) is 5.22. The number of sulfonamides is 1. The molecule has 1 aliphatic heterocycles. The molecule has 0 aliphatic carbocycles. The number of aromatic nitrogens is 1. The van der Waals surface area contributed by atoms with Crippen molar-refractivity contribution in [2.75, 3.05) is 38.7 Å². The fourth-order valence-electron chi connectivity index (χ4n) is 2.95. The SMILES string of the molecule is Cc1ncc(CN(C)C(C)C(=O)Nc2ccc(S(=O)(=O)N3CCOCC3)cc2)s1. The maximum absolute atomic E-state index is 12.7. The topological polar surface area (TPSA) is 91.8 Å². The van der Waals surface area contributed by atoms with Gasteiger partial charge < -0.3 is 10.1 Å². The second-order valence-electron chi connectivity index (χ2n) is 6.97. The number of aryl methyl sites for hydroxylation is 1. The highest BCUT2D eigenvalue weighted by molar-refractivity contribution is 7.89. The van der Waals surface area contributed by atoms with Crippen LogP contribution in [0.25, 0.3) is 0 Å². The second-order valence-corrected chi connectivity index (χ2v) is 10.2. The lowest BCUT2D eigenvalue weighted by Gasteiger charge is -2.26. The van der Waals surface area contributed by atoms with Crippen molar-refractivity contribution in [3.8, 4) is 0 Å². The van der Waals surface area contributed by atoms with E-state index in [2.05, 4.69) is 10.3 Å². The third-order valence-electron chi connectivity index (χ3n) is 4.84. The van der Waals surface area contributed by atoms with E-state index in [1.54, 1.807) is 23.5 Å². The zero-order chi connectivity index (χ0) is 21.0. The maximum Gasteiger partial charge on any atom is 0.243 e. The number of benzene rings is 1. The molecule has 1 aromatic carbocycles. The minimum atomic E-state index is -3.54. The number of morpholine rings is 1. The Kier molecular flexibility index (Phi) is 7.01. The summed E-state index contributed by atoms with van der Waals surface area (Å²) in [6, 6.07) is 5.92. The van der Waals surface area contributed by atoms with E-state index in [4.69, 9.17) is 4.74 Å². The molecular weight excluding hydrogens is 412 g/mol. The number of thiazole rings is 1. The molecule has 0 radical (unpaired) electrons. The Bertz CT molecular complexity index is 937. The van der Waals surface area contributed by atoms with Gasteiger partial charge in [-0.05, 0) is 45.2 Å². The summed E-state index contributed by atoms with van der Waals surface area (Å²) in [6.45, 7) is 5.93. The van der Waals surface area contributed by atoms with E-state index >= 15 is 0 Å². The first-order valence-electron chi connectivity index (χ1n) is 9.38. The summed E-state index contributed by atoms with van der Waals surface area (Å²) in [5.41, 5.74) is 0.560. The standard InChI is InChI=1S/C19H26N4O4S2/c1-14(22(3)13-17-12-20-15(2)28-17)19(24)21-16-4-6-18(7-5-16)29(25,26)23-8-10-27-11-9-23/h4-7,12,14H,8-11,13H2,1-3H3,(H,21,24). The summed E-state index contributed by atoms with van der Waals surface area (Å²) in [5, 5.41) is 3.85. The number of hydrogen-bond acceptors (Lipinski definition) is 7. The lowest BCUT2D eigenvalue weighted by atomic mass is 10.2. The Balaban J connectivity index is 1.60. The summed E-state index contributed by atoms with van der Waals surface area (Å²) in [6.07, 6.45) is 1.83. The van der Waals surface area contributed by atoms with Crippen LogP contribution in [0.5, 0.6) is 0 Å². The monoisotopic (exact) mass is 438 g/mol. The highest BCUT2D eigenvalue weighted by Crippen LogP contribution is 2.20. The molecule has 1 fully saturated rings. The molecule has 1 unspecified atom stereocenters. The normalized spacial score (nSPS) is 16.7. The molecule has 2 aromatic rings. The van der Waals surface area contributed by atoms with Crippen LogP contribution in [0.2, 0.25) is 0 Å². The average molecular weight is 439 g/mol. The fraction of sp³-hybridized carbons (Fsp3) is 0.474. The third-order valence-corrected chi connectivity index (χ3v) is 7.66. The molecule has 1 N–H and O–H groups in total. The Morgan fingerprint density at radius 2 is 1.97 bits per heavy atom. The van der Waals surface area contributed by atoms with E-state index in [-0.39, 0.29) is 16.8 Å².